The van der Waals surface area contributed by atoms with Crippen LogP contribution in [0.15, 0.2) is 35.9 Å². The van der Waals surface area contributed by atoms with Crippen molar-refractivity contribution in [2.45, 2.75) is 19.0 Å². The third-order valence-corrected chi connectivity index (χ3v) is 5.91. The Morgan fingerprint density at radius 2 is 1.86 bits per heavy atom. The SMILES string of the molecule is CCN1CC=C2C(C#N)C(=N)C(C#N)(C#N)[C@@H](c3ccccc3C(F)(F)F)[C@H]2C1. The van der Waals surface area contributed by atoms with E-state index in [9.17, 15) is 29.0 Å². The fourth-order valence-electron chi connectivity index (χ4n) is 4.50. The fraction of sp³-hybridized carbons (Fsp3) is 0.429. The van der Waals surface area contributed by atoms with E-state index in [4.69, 9.17) is 5.41 Å². The van der Waals surface area contributed by atoms with E-state index in [0.717, 1.165) is 6.07 Å². The van der Waals surface area contributed by atoms with Crippen LogP contribution in [0.3, 0.4) is 0 Å². The van der Waals surface area contributed by atoms with E-state index in [1.807, 2.05) is 30.0 Å². The lowest BCUT2D eigenvalue weighted by Crippen LogP contribution is -2.53. The van der Waals surface area contributed by atoms with Crippen molar-refractivity contribution in [3.63, 3.8) is 0 Å². The molecule has 0 spiro atoms. The van der Waals surface area contributed by atoms with Crippen LogP contribution in [0, 0.1) is 56.7 Å². The van der Waals surface area contributed by atoms with E-state index in [-0.39, 0.29) is 5.56 Å². The Hall–Kier alpha value is -3.15. The molecular formula is C21H18F3N5. The average Bonchev–Trinajstić information content (AvgIpc) is 2.72. The molecule has 148 valence electrons. The van der Waals surface area contributed by atoms with Gasteiger partial charge in [-0.2, -0.15) is 29.0 Å². The molecule has 0 saturated heterocycles. The Labute approximate surface area is 166 Å². The lowest BCUT2D eigenvalue weighted by Gasteiger charge is -2.48. The van der Waals surface area contributed by atoms with Gasteiger partial charge in [-0.15, -0.1) is 0 Å². The molecule has 0 bridgehead atoms. The number of nitrogens with zero attached hydrogens (tertiary/aromatic N) is 4. The quantitative estimate of drug-likeness (QED) is 0.766. The molecule has 1 aromatic carbocycles. The number of likely N-dealkylation sites (N-methyl/N-ethyl adjacent to an activating group) is 1. The van der Waals surface area contributed by atoms with Gasteiger partial charge in [0.1, 0.15) is 5.92 Å². The summed E-state index contributed by atoms with van der Waals surface area (Å²) in [5.41, 5.74) is -3.17. The maximum Gasteiger partial charge on any atom is 0.416 e. The van der Waals surface area contributed by atoms with E-state index in [0.29, 0.717) is 25.2 Å². The molecule has 5 nitrogen and oxygen atoms in total. The molecule has 1 saturated carbocycles. The summed E-state index contributed by atoms with van der Waals surface area (Å²) >= 11 is 0. The van der Waals surface area contributed by atoms with E-state index < -0.39 is 40.6 Å². The van der Waals surface area contributed by atoms with Gasteiger partial charge in [-0.25, -0.2) is 0 Å². The number of nitriles is 3. The molecule has 8 heteroatoms. The Kier molecular flexibility index (Phi) is 5.22. The highest BCUT2D eigenvalue weighted by Gasteiger charge is 2.59. The first-order valence-electron chi connectivity index (χ1n) is 9.14. The molecule has 1 fully saturated rings. The van der Waals surface area contributed by atoms with Crippen LogP contribution < -0.4 is 0 Å². The number of hydrogen-bond donors (Lipinski definition) is 1. The smallest absolute Gasteiger partial charge is 0.305 e. The number of halogens is 3. The zero-order chi connectivity index (χ0) is 21.4. The molecule has 3 atom stereocenters. The summed E-state index contributed by atoms with van der Waals surface area (Å²) in [6, 6.07) is 10.5. The molecule has 1 N–H and O–H groups in total. The molecule has 29 heavy (non-hydrogen) atoms. The highest BCUT2D eigenvalue weighted by Crippen LogP contribution is 2.55. The molecule has 2 aliphatic rings. The van der Waals surface area contributed by atoms with Crippen LogP contribution in [0.2, 0.25) is 0 Å². The lowest BCUT2D eigenvalue weighted by molar-refractivity contribution is -0.138. The summed E-state index contributed by atoms with van der Waals surface area (Å²) in [6.07, 6.45) is -2.91. The van der Waals surface area contributed by atoms with Gasteiger partial charge in [0, 0.05) is 24.9 Å². The Morgan fingerprint density at radius 3 is 2.41 bits per heavy atom. The van der Waals surface area contributed by atoms with Crippen LogP contribution in [-0.2, 0) is 6.18 Å². The van der Waals surface area contributed by atoms with Gasteiger partial charge in [0.15, 0.2) is 5.41 Å². The van der Waals surface area contributed by atoms with Crippen molar-refractivity contribution in [3.05, 3.63) is 47.0 Å². The minimum Gasteiger partial charge on any atom is -0.305 e. The van der Waals surface area contributed by atoms with Crippen LogP contribution >= 0.6 is 0 Å². The summed E-state index contributed by atoms with van der Waals surface area (Å²) in [5, 5.41) is 38.0. The average molecular weight is 397 g/mol. The van der Waals surface area contributed by atoms with Gasteiger partial charge in [-0.05, 0) is 23.7 Å². The number of nitrogens with one attached hydrogen (secondary N) is 1. The van der Waals surface area contributed by atoms with E-state index >= 15 is 0 Å². The van der Waals surface area contributed by atoms with Gasteiger partial charge >= 0.3 is 6.18 Å². The Balaban J connectivity index is 2.33. The summed E-state index contributed by atoms with van der Waals surface area (Å²) < 4.78 is 41.3. The molecule has 1 unspecified atom stereocenters. The third-order valence-electron chi connectivity index (χ3n) is 5.91. The van der Waals surface area contributed by atoms with Crippen molar-refractivity contribution < 1.29 is 13.2 Å². The monoisotopic (exact) mass is 397 g/mol. The van der Waals surface area contributed by atoms with Crippen molar-refractivity contribution in [1.29, 1.82) is 21.2 Å². The lowest BCUT2D eigenvalue weighted by atomic mass is 9.54. The van der Waals surface area contributed by atoms with Gasteiger partial charge in [0.2, 0.25) is 0 Å². The maximum absolute atomic E-state index is 13.8. The van der Waals surface area contributed by atoms with Crippen LogP contribution in [0.1, 0.15) is 24.0 Å². The van der Waals surface area contributed by atoms with Crippen LogP contribution in [0.25, 0.3) is 0 Å². The first-order chi connectivity index (χ1) is 13.7. The van der Waals surface area contributed by atoms with Crippen molar-refractivity contribution in [2.75, 3.05) is 19.6 Å². The Bertz CT molecular complexity index is 975. The first kappa shape index (κ1) is 20.6. The highest BCUT2D eigenvalue weighted by atomic mass is 19.4. The third kappa shape index (κ3) is 3.09. The predicted octanol–water partition coefficient (Wildman–Crippen LogP) is 3.87. The first-order valence-corrected chi connectivity index (χ1v) is 9.14. The molecule has 0 radical (unpaired) electrons. The largest absolute Gasteiger partial charge is 0.416 e. The second-order valence-corrected chi connectivity index (χ2v) is 7.23. The number of alkyl halides is 3. The van der Waals surface area contributed by atoms with E-state index in [2.05, 4.69) is 0 Å². The number of rotatable bonds is 2. The van der Waals surface area contributed by atoms with E-state index in [1.54, 1.807) is 6.08 Å². The zero-order valence-electron chi connectivity index (χ0n) is 15.7. The van der Waals surface area contributed by atoms with Gasteiger partial charge < -0.3 is 5.41 Å². The van der Waals surface area contributed by atoms with Gasteiger partial charge in [-0.3, -0.25) is 4.90 Å². The normalized spacial score (nSPS) is 26.4. The molecular weight excluding hydrogens is 379 g/mol. The molecule has 1 aliphatic heterocycles. The van der Waals surface area contributed by atoms with Gasteiger partial charge in [0.25, 0.3) is 0 Å². The standard InChI is InChI=1S/C21H18F3N5/c1-2-29-8-7-13-15(9-25)19(28)20(11-26,12-27)18(16(13)10-29)14-5-3-4-6-17(14)21(22,23)24/h3-7,15-16,18,28H,2,8,10H2,1H3/t15?,16-,18-/m0/s1. The fourth-order valence-corrected chi connectivity index (χ4v) is 4.50. The van der Waals surface area contributed by atoms with Crippen molar-refractivity contribution in [2.24, 2.45) is 17.3 Å². The summed E-state index contributed by atoms with van der Waals surface area (Å²) in [6.45, 7) is 3.37. The van der Waals surface area contributed by atoms with Gasteiger partial charge in [-0.1, -0.05) is 31.2 Å². The van der Waals surface area contributed by atoms with Gasteiger partial charge in [0.05, 0.1) is 29.5 Å². The van der Waals surface area contributed by atoms with Crippen LogP contribution in [0.4, 0.5) is 13.2 Å². The number of fused-ring (bicyclic) bond motifs is 1. The molecule has 1 aliphatic carbocycles. The molecule has 0 aromatic heterocycles. The highest BCUT2D eigenvalue weighted by molar-refractivity contribution is 6.00. The molecule has 1 heterocycles. The molecule has 1 aromatic rings. The second-order valence-electron chi connectivity index (χ2n) is 7.23. The van der Waals surface area contributed by atoms with E-state index in [1.165, 1.54) is 18.2 Å². The summed E-state index contributed by atoms with van der Waals surface area (Å²) in [5.74, 6) is -2.94. The summed E-state index contributed by atoms with van der Waals surface area (Å²) in [7, 11) is 0. The predicted molar refractivity (Wildman–Crippen MR) is 98.4 cm³/mol. The maximum atomic E-state index is 13.8. The van der Waals surface area contributed by atoms with Crippen molar-refractivity contribution in [3.8, 4) is 18.2 Å². The summed E-state index contributed by atoms with van der Waals surface area (Å²) in [4.78, 5) is 1.99. The zero-order valence-corrected chi connectivity index (χ0v) is 15.7. The van der Waals surface area contributed by atoms with Crippen molar-refractivity contribution >= 4 is 5.71 Å². The van der Waals surface area contributed by atoms with Crippen LogP contribution in [0.5, 0.6) is 0 Å². The Morgan fingerprint density at radius 1 is 1.21 bits per heavy atom. The molecule has 3 rings (SSSR count). The number of hydrogen-bond acceptors (Lipinski definition) is 5. The second kappa shape index (κ2) is 7.35. The minimum absolute atomic E-state index is 0.182. The van der Waals surface area contributed by atoms with Crippen LogP contribution in [-0.4, -0.2) is 30.2 Å². The number of benzene rings is 1. The minimum atomic E-state index is -4.68. The topological polar surface area (TPSA) is 98.5 Å². The van der Waals surface area contributed by atoms with Crippen molar-refractivity contribution in [1.82, 2.24) is 4.90 Å². The molecule has 0 amide bonds.